The first-order valence-corrected chi connectivity index (χ1v) is 7.74. The van der Waals surface area contributed by atoms with Crippen molar-refractivity contribution in [3.05, 3.63) is 22.2 Å². The van der Waals surface area contributed by atoms with Gasteiger partial charge in [0.05, 0.1) is 10.6 Å². The molecule has 0 saturated carbocycles. The van der Waals surface area contributed by atoms with E-state index in [1.807, 2.05) is 0 Å². The molecule has 0 radical (unpaired) electrons. The zero-order valence-corrected chi connectivity index (χ0v) is 12.9. The molecule has 0 fully saturated rings. The minimum Gasteiger partial charge on any atom is -0.397 e. The molecule has 106 valence electrons. The van der Waals surface area contributed by atoms with Gasteiger partial charge in [-0.15, -0.1) is 11.3 Å². The number of carbonyl (C=O) groups excluding carboxylic acids is 1. The smallest absolute Gasteiger partial charge is 0.171 e. The van der Waals surface area contributed by atoms with Gasteiger partial charge in [0.15, 0.2) is 5.78 Å². The van der Waals surface area contributed by atoms with Crippen molar-refractivity contribution in [1.82, 2.24) is 9.88 Å². The first-order valence-electron chi connectivity index (χ1n) is 6.93. The molecule has 20 heavy (non-hydrogen) atoms. The summed E-state index contributed by atoms with van der Waals surface area (Å²) in [7, 11) is 0. The number of nitrogens with two attached hydrogens (primary N) is 1. The number of fused-ring (bicyclic) bond motifs is 2. The number of pyridine rings is 1. The van der Waals surface area contributed by atoms with Gasteiger partial charge in [0, 0.05) is 43.6 Å². The third-order valence-corrected chi connectivity index (χ3v) is 5.17. The highest BCUT2D eigenvalue weighted by molar-refractivity contribution is 7.21. The maximum atomic E-state index is 11.6. The van der Waals surface area contributed by atoms with Crippen LogP contribution in [-0.2, 0) is 13.0 Å². The highest BCUT2D eigenvalue weighted by Gasteiger charge is 2.22. The lowest BCUT2D eigenvalue weighted by atomic mass is 10.0. The van der Waals surface area contributed by atoms with Crippen LogP contribution in [0.1, 0.15) is 41.7 Å². The van der Waals surface area contributed by atoms with E-state index in [1.165, 1.54) is 16.9 Å². The average molecular weight is 289 g/mol. The van der Waals surface area contributed by atoms with Crippen molar-refractivity contribution in [2.45, 2.75) is 39.8 Å². The van der Waals surface area contributed by atoms with Crippen LogP contribution in [0.15, 0.2) is 6.07 Å². The van der Waals surface area contributed by atoms with Crippen LogP contribution >= 0.6 is 11.3 Å². The maximum absolute atomic E-state index is 11.6. The van der Waals surface area contributed by atoms with Crippen LogP contribution in [0.4, 0.5) is 5.69 Å². The van der Waals surface area contributed by atoms with Gasteiger partial charge < -0.3 is 5.73 Å². The Kier molecular flexibility index (Phi) is 3.26. The number of aromatic nitrogens is 1. The summed E-state index contributed by atoms with van der Waals surface area (Å²) in [5, 5.41) is 0.935. The summed E-state index contributed by atoms with van der Waals surface area (Å²) < 4.78 is 0. The summed E-state index contributed by atoms with van der Waals surface area (Å²) in [4.78, 5) is 20.3. The van der Waals surface area contributed by atoms with Gasteiger partial charge in [0.1, 0.15) is 4.83 Å². The second-order valence-corrected chi connectivity index (χ2v) is 6.66. The van der Waals surface area contributed by atoms with Crippen LogP contribution in [0, 0.1) is 0 Å². The minimum atomic E-state index is 0.0206. The van der Waals surface area contributed by atoms with E-state index < -0.39 is 0 Å². The fourth-order valence-corrected chi connectivity index (χ4v) is 3.71. The summed E-state index contributed by atoms with van der Waals surface area (Å²) in [5.74, 6) is 0.0206. The van der Waals surface area contributed by atoms with E-state index in [0.29, 0.717) is 16.6 Å². The molecule has 0 unspecified atom stereocenters. The van der Waals surface area contributed by atoms with E-state index in [1.54, 1.807) is 6.92 Å². The lowest BCUT2D eigenvalue weighted by Gasteiger charge is -2.31. The van der Waals surface area contributed by atoms with Gasteiger partial charge >= 0.3 is 0 Å². The van der Waals surface area contributed by atoms with Crippen molar-refractivity contribution in [2.75, 3.05) is 12.3 Å². The summed E-state index contributed by atoms with van der Waals surface area (Å²) in [6.45, 7) is 7.94. The van der Waals surface area contributed by atoms with Crippen LogP contribution in [0.3, 0.4) is 0 Å². The number of thiophene rings is 1. The fourth-order valence-electron chi connectivity index (χ4n) is 2.72. The molecule has 5 heteroatoms. The van der Waals surface area contributed by atoms with Gasteiger partial charge in [-0.25, -0.2) is 4.98 Å². The van der Waals surface area contributed by atoms with Gasteiger partial charge in [-0.1, -0.05) is 0 Å². The van der Waals surface area contributed by atoms with Crippen molar-refractivity contribution < 1.29 is 4.79 Å². The van der Waals surface area contributed by atoms with Crippen LogP contribution in [-0.4, -0.2) is 28.3 Å². The Balaban J connectivity index is 2.10. The van der Waals surface area contributed by atoms with Crippen molar-refractivity contribution in [2.24, 2.45) is 0 Å². The molecule has 0 atom stereocenters. The molecule has 1 aliphatic heterocycles. The standard InChI is InChI=1S/C15H19N3OS/c1-8(2)18-5-4-12-10(7-18)6-11-13(16)14(9(3)19)20-15(11)17-12/h6,8H,4-5,7,16H2,1-3H3. The quantitative estimate of drug-likeness (QED) is 0.864. The molecule has 0 aromatic carbocycles. The van der Waals surface area contributed by atoms with Crippen LogP contribution < -0.4 is 5.73 Å². The number of hydrogen-bond acceptors (Lipinski definition) is 5. The number of nitrogens with zero attached hydrogens (tertiary/aromatic N) is 2. The third-order valence-electron chi connectivity index (χ3n) is 3.95. The molecule has 3 heterocycles. The molecular formula is C15H19N3OS. The van der Waals surface area contributed by atoms with E-state index in [9.17, 15) is 4.79 Å². The van der Waals surface area contributed by atoms with E-state index in [0.717, 1.165) is 35.4 Å². The fraction of sp³-hybridized carbons (Fsp3) is 0.467. The molecule has 0 spiro atoms. The molecule has 2 N–H and O–H groups in total. The Bertz CT molecular complexity index is 690. The minimum absolute atomic E-state index is 0.0206. The topological polar surface area (TPSA) is 59.2 Å². The summed E-state index contributed by atoms with van der Waals surface area (Å²) in [6, 6.07) is 2.66. The largest absolute Gasteiger partial charge is 0.397 e. The lowest BCUT2D eigenvalue weighted by Crippen LogP contribution is -2.36. The number of ketones is 1. The molecule has 1 aliphatic rings. The monoisotopic (exact) mass is 289 g/mol. The normalized spacial score (nSPS) is 15.8. The second kappa shape index (κ2) is 4.82. The summed E-state index contributed by atoms with van der Waals surface area (Å²) in [5.41, 5.74) is 9.10. The van der Waals surface area contributed by atoms with Gasteiger partial charge in [0.2, 0.25) is 0 Å². The Morgan fingerprint density at radius 1 is 1.50 bits per heavy atom. The molecule has 0 aliphatic carbocycles. The van der Waals surface area contributed by atoms with Crippen LogP contribution in [0.2, 0.25) is 0 Å². The van der Waals surface area contributed by atoms with E-state index >= 15 is 0 Å². The number of rotatable bonds is 2. The van der Waals surface area contributed by atoms with Gasteiger partial charge in [-0.2, -0.15) is 0 Å². The molecule has 3 rings (SSSR count). The predicted octanol–water partition coefficient (Wildman–Crippen LogP) is 2.85. The lowest BCUT2D eigenvalue weighted by molar-refractivity contribution is 0.102. The van der Waals surface area contributed by atoms with E-state index in [2.05, 4.69) is 24.8 Å². The highest BCUT2D eigenvalue weighted by atomic mass is 32.1. The van der Waals surface area contributed by atoms with Crippen molar-refractivity contribution >= 4 is 33.0 Å². The van der Waals surface area contributed by atoms with Gasteiger partial charge in [0.25, 0.3) is 0 Å². The third kappa shape index (κ3) is 2.11. The Morgan fingerprint density at radius 3 is 2.90 bits per heavy atom. The van der Waals surface area contributed by atoms with Crippen molar-refractivity contribution in [3.63, 3.8) is 0 Å². The Labute approximate surface area is 122 Å². The number of anilines is 1. The average Bonchev–Trinajstić information content (AvgIpc) is 2.73. The summed E-state index contributed by atoms with van der Waals surface area (Å²) >= 11 is 1.41. The van der Waals surface area contributed by atoms with E-state index in [-0.39, 0.29) is 5.78 Å². The summed E-state index contributed by atoms with van der Waals surface area (Å²) in [6.07, 6.45) is 0.969. The molecule has 0 saturated heterocycles. The zero-order valence-electron chi connectivity index (χ0n) is 12.1. The molecule has 2 aromatic rings. The van der Waals surface area contributed by atoms with Gasteiger partial charge in [-0.05, 0) is 25.5 Å². The number of Topliss-reactive ketones (excluding diaryl/α,β-unsaturated/α-hetero) is 1. The van der Waals surface area contributed by atoms with Crippen LogP contribution in [0.5, 0.6) is 0 Å². The second-order valence-electron chi connectivity index (χ2n) is 5.66. The number of hydrogen-bond donors (Lipinski definition) is 1. The predicted molar refractivity (Wildman–Crippen MR) is 83.3 cm³/mol. The molecule has 0 amide bonds. The molecule has 4 nitrogen and oxygen atoms in total. The van der Waals surface area contributed by atoms with Crippen molar-refractivity contribution in [1.29, 1.82) is 0 Å². The van der Waals surface area contributed by atoms with Gasteiger partial charge in [-0.3, -0.25) is 9.69 Å². The Hall–Kier alpha value is -1.46. The zero-order chi connectivity index (χ0) is 14.4. The molecular weight excluding hydrogens is 270 g/mol. The molecule has 0 bridgehead atoms. The SMILES string of the molecule is CC(=O)c1sc2nc3c(cc2c1N)CN(C(C)C)CC3. The Morgan fingerprint density at radius 2 is 2.25 bits per heavy atom. The maximum Gasteiger partial charge on any atom is 0.171 e. The highest BCUT2D eigenvalue weighted by Crippen LogP contribution is 2.35. The van der Waals surface area contributed by atoms with Crippen LogP contribution in [0.25, 0.3) is 10.2 Å². The molecule has 2 aromatic heterocycles. The van der Waals surface area contributed by atoms with E-state index in [4.69, 9.17) is 10.7 Å². The number of nitrogen functional groups attached to an aromatic ring is 1. The first kappa shape index (κ1) is 13.5. The first-order chi connectivity index (χ1) is 9.47. The number of carbonyl (C=O) groups is 1. The van der Waals surface area contributed by atoms with Crippen molar-refractivity contribution in [3.8, 4) is 0 Å².